The summed E-state index contributed by atoms with van der Waals surface area (Å²) in [7, 11) is 0. The highest BCUT2D eigenvalue weighted by Gasteiger charge is 2.36. The monoisotopic (exact) mass is 356 g/mol. The van der Waals surface area contributed by atoms with E-state index in [1.807, 2.05) is 4.90 Å². The van der Waals surface area contributed by atoms with Crippen LogP contribution >= 0.6 is 11.5 Å². The van der Waals surface area contributed by atoms with Crippen LogP contribution in [0.15, 0.2) is 24.3 Å². The zero-order chi connectivity index (χ0) is 17.2. The molecule has 2 aliphatic heterocycles. The lowest BCUT2D eigenvalue weighted by Crippen LogP contribution is -2.44. The molecule has 6 heteroatoms. The molecule has 2 saturated heterocycles. The van der Waals surface area contributed by atoms with Gasteiger partial charge in [0.25, 0.3) is 0 Å². The summed E-state index contributed by atoms with van der Waals surface area (Å²) in [6.07, 6.45) is 5.00. The molecule has 0 radical (unpaired) electrons. The maximum atomic E-state index is 12.8. The van der Waals surface area contributed by atoms with Crippen molar-refractivity contribution in [1.82, 2.24) is 14.3 Å². The Kier molecular flexibility index (Phi) is 4.70. The summed E-state index contributed by atoms with van der Waals surface area (Å²) in [5.74, 6) is 1.13. The van der Waals surface area contributed by atoms with Gasteiger partial charge in [0.2, 0.25) is 11.0 Å². The fraction of sp³-hybridized carbons (Fsp3) is 0.526. The summed E-state index contributed by atoms with van der Waals surface area (Å²) in [6.45, 7) is 4.83. The number of benzene rings is 1. The fourth-order valence-corrected chi connectivity index (χ4v) is 4.48. The van der Waals surface area contributed by atoms with Crippen molar-refractivity contribution in [1.29, 1.82) is 0 Å². The topological polar surface area (TPSA) is 49.3 Å². The van der Waals surface area contributed by atoms with Crippen LogP contribution < -0.4 is 4.90 Å². The van der Waals surface area contributed by atoms with E-state index in [1.165, 1.54) is 22.7 Å². The Bertz CT molecular complexity index is 736. The van der Waals surface area contributed by atoms with E-state index in [4.69, 9.17) is 4.98 Å². The van der Waals surface area contributed by atoms with E-state index in [0.717, 1.165) is 62.7 Å². The SMILES string of the molecule is Cc1ccc(Cc2nsc(N3CCCC3C(=O)N3CCCC3)n2)cc1. The van der Waals surface area contributed by atoms with Gasteiger partial charge in [0.1, 0.15) is 11.9 Å². The Morgan fingerprint density at radius 3 is 2.68 bits per heavy atom. The third kappa shape index (κ3) is 3.54. The van der Waals surface area contributed by atoms with Gasteiger partial charge in [-0.1, -0.05) is 29.8 Å². The average Bonchev–Trinajstić information content (AvgIpc) is 3.37. The molecule has 1 atom stereocenters. The summed E-state index contributed by atoms with van der Waals surface area (Å²) < 4.78 is 4.53. The summed E-state index contributed by atoms with van der Waals surface area (Å²) in [5, 5.41) is 0.900. The average molecular weight is 356 g/mol. The second-order valence-corrected chi connectivity index (χ2v) is 7.77. The molecular weight excluding hydrogens is 332 g/mol. The molecule has 132 valence electrons. The van der Waals surface area contributed by atoms with Gasteiger partial charge in [0.05, 0.1) is 0 Å². The van der Waals surface area contributed by atoms with E-state index >= 15 is 0 Å². The molecular formula is C19H24N4OS. The molecule has 3 heterocycles. The van der Waals surface area contributed by atoms with E-state index in [0.29, 0.717) is 0 Å². The van der Waals surface area contributed by atoms with Crippen LogP contribution in [-0.4, -0.2) is 45.8 Å². The first-order chi connectivity index (χ1) is 12.2. The van der Waals surface area contributed by atoms with Gasteiger partial charge in [-0.15, -0.1) is 0 Å². The van der Waals surface area contributed by atoms with Gasteiger partial charge in [-0.2, -0.15) is 4.37 Å². The van der Waals surface area contributed by atoms with Crippen LogP contribution in [0.4, 0.5) is 5.13 Å². The Balaban J connectivity index is 1.46. The minimum Gasteiger partial charge on any atom is -0.341 e. The van der Waals surface area contributed by atoms with E-state index in [1.54, 1.807) is 0 Å². The number of amides is 1. The minimum atomic E-state index is -0.0433. The van der Waals surface area contributed by atoms with Crippen LogP contribution in [-0.2, 0) is 11.2 Å². The van der Waals surface area contributed by atoms with Crippen molar-refractivity contribution < 1.29 is 4.79 Å². The Labute approximate surface area is 152 Å². The summed E-state index contributed by atoms with van der Waals surface area (Å²) in [6, 6.07) is 8.46. The molecule has 2 aromatic rings. The van der Waals surface area contributed by atoms with E-state index in [-0.39, 0.29) is 11.9 Å². The number of nitrogens with zero attached hydrogens (tertiary/aromatic N) is 4. The van der Waals surface area contributed by atoms with Crippen LogP contribution in [0.3, 0.4) is 0 Å². The molecule has 0 bridgehead atoms. The van der Waals surface area contributed by atoms with Crippen molar-refractivity contribution in [2.24, 2.45) is 0 Å². The standard InChI is InChI=1S/C19H24N4OS/c1-14-6-8-15(9-7-14)13-17-20-19(25-21-17)23-12-4-5-16(23)18(24)22-10-2-3-11-22/h6-9,16H,2-5,10-13H2,1H3. The lowest BCUT2D eigenvalue weighted by atomic mass is 10.1. The number of carbonyl (C=O) groups is 1. The Hall–Kier alpha value is -1.95. The smallest absolute Gasteiger partial charge is 0.245 e. The molecule has 1 amide bonds. The molecule has 0 N–H and O–H groups in total. The number of aromatic nitrogens is 2. The highest BCUT2D eigenvalue weighted by Crippen LogP contribution is 2.29. The number of anilines is 1. The molecule has 0 spiro atoms. The molecule has 2 aliphatic rings. The molecule has 0 aliphatic carbocycles. The highest BCUT2D eigenvalue weighted by atomic mass is 32.1. The van der Waals surface area contributed by atoms with Gasteiger partial charge in [0, 0.05) is 37.6 Å². The van der Waals surface area contributed by atoms with Gasteiger partial charge in [-0.3, -0.25) is 4.79 Å². The van der Waals surface area contributed by atoms with Gasteiger partial charge in [-0.25, -0.2) is 4.98 Å². The second kappa shape index (κ2) is 7.12. The zero-order valence-electron chi connectivity index (χ0n) is 14.6. The normalized spacial score (nSPS) is 20.4. The molecule has 4 rings (SSSR count). The van der Waals surface area contributed by atoms with Crippen molar-refractivity contribution in [3.63, 3.8) is 0 Å². The van der Waals surface area contributed by atoms with Crippen LogP contribution in [0.5, 0.6) is 0 Å². The largest absolute Gasteiger partial charge is 0.341 e. The summed E-state index contributed by atoms with van der Waals surface area (Å²) >= 11 is 1.43. The maximum absolute atomic E-state index is 12.8. The summed E-state index contributed by atoms with van der Waals surface area (Å²) in [4.78, 5) is 21.7. The number of hydrogen-bond acceptors (Lipinski definition) is 5. The van der Waals surface area contributed by atoms with Crippen LogP contribution in [0.25, 0.3) is 0 Å². The lowest BCUT2D eigenvalue weighted by molar-refractivity contribution is -0.131. The Morgan fingerprint density at radius 1 is 1.16 bits per heavy atom. The predicted molar refractivity (Wildman–Crippen MR) is 100 cm³/mol. The maximum Gasteiger partial charge on any atom is 0.245 e. The molecule has 2 fully saturated rings. The third-order valence-electron chi connectivity index (χ3n) is 5.14. The van der Waals surface area contributed by atoms with Crippen molar-refractivity contribution in [2.45, 2.75) is 45.1 Å². The molecule has 1 unspecified atom stereocenters. The Morgan fingerprint density at radius 2 is 1.92 bits per heavy atom. The molecule has 0 saturated carbocycles. The predicted octanol–water partition coefficient (Wildman–Crippen LogP) is 3.03. The van der Waals surface area contributed by atoms with Gasteiger partial charge in [-0.05, 0) is 38.2 Å². The van der Waals surface area contributed by atoms with Gasteiger partial charge < -0.3 is 9.80 Å². The van der Waals surface area contributed by atoms with Crippen molar-refractivity contribution in [3.8, 4) is 0 Å². The zero-order valence-corrected chi connectivity index (χ0v) is 15.5. The number of aryl methyl sites for hydroxylation is 1. The number of likely N-dealkylation sites (tertiary alicyclic amines) is 1. The molecule has 1 aromatic carbocycles. The molecule has 1 aromatic heterocycles. The van der Waals surface area contributed by atoms with E-state index in [2.05, 4.69) is 40.5 Å². The van der Waals surface area contributed by atoms with E-state index < -0.39 is 0 Å². The van der Waals surface area contributed by atoms with Gasteiger partial charge in [0.15, 0.2) is 0 Å². The van der Waals surface area contributed by atoms with Gasteiger partial charge >= 0.3 is 0 Å². The molecule has 25 heavy (non-hydrogen) atoms. The second-order valence-electron chi connectivity index (χ2n) is 7.04. The van der Waals surface area contributed by atoms with Crippen LogP contribution in [0.2, 0.25) is 0 Å². The first-order valence-electron chi connectivity index (χ1n) is 9.14. The highest BCUT2D eigenvalue weighted by molar-refractivity contribution is 7.09. The van der Waals surface area contributed by atoms with Crippen molar-refractivity contribution in [3.05, 3.63) is 41.2 Å². The van der Waals surface area contributed by atoms with Crippen molar-refractivity contribution in [2.75, 3.05) is 24.5 Å². The first-order valence-corrected chi connectivity index (χ1v) is 9.91. The lowest BCUT2D eigenvalue weighted by Gasteiger charge is -2.27. The molecule has 5 nitrogen and oxygen atoms in total. The minimum absolute atomic E-state index is 0.0433. The number of rotatable bonds is 4. The number of carbonyl (C=O) groups excluding carboxylic acids is 1. The van der Waals surface area contributed by atoms with Crippen LogP contribution in [0.1, 0.15) is 42.6 Å². The number of hydrogen-bond donors (Lipinski definition) is 0. The van der Waals surface area contributed by atoms with Crippen molar-refractivity contribution >= 4 is 22.6 Å². The quantitative estimate of drug-likeness (QED) is 0.845. The third-order valence-corrected chi connectivity index (χ3v) is 5.93. The fourth-order valence-electron chi connectivity index (χ4n) is 3.72. The summed E-state index contributed by atoms with van der Waals surface area (Å²) in [5.41, 5.74) is 2.48. The first kappa shape index (κ1) is 16.5. The van der Waals surface area contributed by atoms with E-state index in [9.17, 15) is 4.79 Å². The van der Waals surface area contributed by atoms with Crippen LogP contribution in [0, 0.1) is 6.92 Å².